The van der Waals surface area contributed by atoms with E-state index in [1.54, 1.807) is 11.3 Å². The first kappa shape index (κ1) is 18.5. The van der Waals surface area contributed by atoms with Crippen LogP contribution in [0.5, 0.6) is 0 Å². The number of thiophene rings is 1. The molecule has 0 aliphatic heterocycles. The van der Waals surface area contributed by atoms with E-state index in [2.05, 4.69) is 32.9 Å². The van der Waals surface area contributed by atoms with Gasteiger partial charge in [-0.05, 0) is 30.0 Å². The third-order valence-corrected chi connectivity index (χ3v) is 4.28. The van der Waals surface area contributed by atoms with Gasteiger partial charge in [0.2, 0.25) is 0 Å². The summed E-state index contributed by atoms with van der Waals surface area (Å²) in [5.74, 6) is 0.467. The average Bonchev–Trinajstić information content (AvgIpc) is 3.25. The number of aromatic nitrogens is 2. The van der Waals surface area contributed by atoms with Crippen molar-refractivity contribution >= 4 is 41.3 Å². The molecular weight excluding hydrogens is 433 g/mol. The molecule has 0 saturated heterocycles. The van der Waals surface area contributed by atoms with E-state index in [-0.39, 0.29) is 24.0 Å². The van der Waals surface area contributed by atoms with Crippen LogP contribution >= 0.6 is 35.3 Å². The van der Waals surface area contributed by atoms with Gasteiger partial charge in [-0.2, -0.15) is 5.10 Å². The van der Waals surface area contributed by atoms with Crippen LogP contribution in [0.25, 0.3) is 5.69 Å². The average molecular weight is 453 g/mol. The van der Waals surface area contributed by atoms with Gasteiger partial charge in [0.25, 0.3) is 0 Å². The van der Waals surface area contributed by atoms with Crippen LogP contribution < -0.4 is 11.1 Å². The molecule has 0 saturated carbocycles. The number of para-hydroxylation sites is 1. The van der Waals surface area contributed by atoms with E-state index in [1.807, 2.05) is 47.4 Å². The third-order valence-electron chi connectivity index (χ3n) is 3.35. The van der Waals surface area contributed by atoms with Gasteiger partial charge < -0.3 is 11.1 Å². The van der Waals surface area contributed by atoms with E-state index >= 15 is 0 Å². The summed E-state index contributed by atoms with van der Waals surface area (Å²) >= 11 is 1.75. The summed E-state index contributed by atoms with van der Waals surface area (Å²) in [5, 5.41) is 9.57. The molecule has 0 spiro atoms. The van der Waals surface area contributed by atoms with Gasteiger partial charge in [-0.15, -0.1) is 35.3 Å². The fourth-order valence-electron chi connectivity index (χ4n) is 2.16. The fourth-order valence-corrected chi connectivity index (χ4v) is 2.87. The van der Waals surface area contributed by atoms with Crippen molar-refractivity contribution in [3.05, 3.63) is 70.7 Å². The van der Waals surface area contributed by atoms with E-state index in [4.69, 9.17) is 5.73 Å². The van der Waals surface area contributed by atoms with Crippen molar-refractivity contribution < 1.29 is 0 Å². The first-order chi connectivity index (χ1) is 11.3. The van der Waals surface area contributed by atoms with Crippen molar-refractivity contribution in [3.63, 3.8) is 0 Å². The Balaban J connectivity index is 0.00000208. The fraction of sp³-hybridized carbons (Fsp3) is 0.176. The largest absolute Gasteiger partial charge is 0.370 e. The molecule has 0 aliphatic carbocycles. The van der Waals surface area contributed by atoms with Crippen molar-refractivity contribution in [1.82, 2.24) is 15.1 Å². The molecule has 7 heteroatoms. The van der Waals surface area contributed by atoms with Crippen LogP contribution in [0.1, 0.15) is 10.4 Å². The molecule has 0 atom stereocenters. The molecule has 0 radical (unpaired) electrons. The number of guanidine groups is 1. The maximum absolute atomic E-state index is 5.89. The lowest BCUT2D eigenvalue weighted by atomic mass is 10.3. The Kier molecular flexibility index (Phi) is 7.26. The van der Waals surface area contributed by atoms with Crippen LogP contribution in [0.2, 0.25) is 0 Å². The summed E-state index contributed by atoms with van der Waals surface area (Å²) in [4.78, 5) is 5.70. The number of hydrogen-bond donors (Lipinski definition) is 2. The Morgan fingerprint density at radius 3 is 2.79 bits per heavy atom. The van der Waals surface area contributed by atoms with Crippen LogP contribution in [-0.2, 0) is 13.0 Å². The number of nitrogens with two attached hydrogens (primary N) is 1. The molecule has 126 valence electrons. The quantitative estimate of drug-likeness (QED) is 0.342. The first-order valence-corrected chi connectivity index (χ1v) is 8.34. The Morgan fingerprint density at radius 1 is 1.21 bits per heavy atom. The van der Waals surface area contributed by atoms with Crippen molar-refractivity contribution in [1.29, 1.82) is 0 Å². The molecular formula is C17H20IN5S. The Hall–Kier alpha value is -1.87. The second-order valence-electron chi connectivity index (χ2n) is 5.09. The third kappa shape index (κ3) is 5.34. The van der Waals surface area contributed by atoms with E-state index < -0.39 is 0 Å². The SMILES string of the molecule is I.NC(=NCc1cnn(-c2ccccc2)c1)NCCc1cccs1. The molecule has 0 bridgehead atoms. The van der Waals surface area contributed by atoms with Gasteiger partial charge in [-0.3, -0.25) is 0 Å². The molecule has 3 aromatic rings. The number of rotatable bonds is 6. The minimum Gasteiger partial charge on any atom is -0.370 e. The topological polar surface area (TPSA) is 68.2 Å². The molecule has 0 aliphatic rings. The molecule has 0 fully saturated rings. The van der Waals surface area contributed by atoms with E-state index in [9.17, 15) is 0 Å². The zero-order valence-electron chi connectivity index (χ0n) is 13.1. The van der Waals surface area contributed by atoms with Crippen molar-refractivity contribution in [2.75, 3.05) is 6.54 Å². The number of halogens is 1. The maximum Gasteiger partial charge on any atom is 0.188 e. The van der Waals surface area contributed by atoms with Crippen LogP contribution in [0.15, 0.2) is 65.2 Å². The molecule has 0 amide bonds. The van der Waals surface area contributed by atoms with Crippen LogP contribution in [0, 0.1) is 0 Å². The van der Waals surface area contributed by atoms with Crippen LogP contribution in [-0.4, -0.2) is 22.3 Å². The summed E-state index contributed by atoms with van der Waals surface area (Å²) in [6, 6.07) is 14.2. The van der Waals surface area contributed by atoms with Crippen molar-refractivity contribution in [3.8, 4) is 5.69 Å². The predicted octanol–water partition coefficient (Wildman–Crippen LogP) is 3.20. The Bertz CT molecular complexity index is 752. The van der Waals surface area contributed by atoms with Gasteiger partial charge in [-0.1, -0.05) is 24.3 Å². The molecule has 5 nitrogen and oxygen atoms in total. The van der Waals surface area contributed by atoms with Crippen LogP contribution in [0.4, 0.5) is 0 Å². The highest BCUT2D eigenvalue weighted by atomic mass is 127. The highest BCUT2D eigenvalue weighted by Crippen LogP contribution is 2.09. The summed E-state index contributed by atoms with van der Waals surface area (Å²) in [7, 11) is 0. The lowest BCUT2D eigenvalue weighted by Crippen LogP contribution is -2.33. The number of hydrogen-bond acceptors (Lipinski definition) is 3. The summed E-state index contributed by atoms with van der Waals surface area (Å²) in [6.45, 7) is 1.31. The standard InChI is InChI=1S/C17H19N5S.HI/c18-17(19-9-8-16-7-4-10-23-16)20-11-14-12-21-22(13-14)15-5-2-1-3-6-15;/h1-7,10,12-13H,8-9,11H2,(H3,18,19,20);1H. The van der Waals surface area contributed by atoms with Gasteiger partial charge in [0.1, 0.15) is 0 Å². The molecule has 2 heterocycles. The number of nitrogens with zero attached hydrogens (tertiary/aromatic N) is 3. The van der Waals surface area contributed by atoms with Crippen LogP contribution in [0.3, 0.4) is 0 Å². The molecule has 3 rings (SSSR count). The number of nitrogens with one attached hydrogen (secondary N) is 1. The molecule has 3 N–H and O–H groups in total. The highest BCUT2D eigenvalue weighted by molar-refractivity contribution is 14.0. The zero-order chi connectivity index (χ0) is 15.9. The second kappa shape index (κ2) is 9.43. The minimum atomic E-state index is 0. The lowest BCUT2D eigenvalue weighted by molar-refractivity contribution is 0.856. The predicted molar refractivity (Wildman–Crippen MR) is 110 cm³/mol. The smallest absolute Gasteiger partial charge is 0.188 e. The molecule has 2 aromatic heterocycles. The summed E-state index contributed by atoms with van der Waals surface area (Å²) < 4.78 is 1.84. The van der Waals surface area contributed by atoms with Gasteiger partial charge >= 0.3 is 0 Å². The van der Waals surface area contributed by atoms with E-state index in [1.165, 1.54) is 4.88 Å². The van der Waals surface area contributed by atoms with E-state index in [0.29, 0.717) is 12.5 Å². The maximum atomic E-state index is 5.89. The monoisotopic (exact) mass is 453 g/mol. The lowest BCUT2D eigenvalue weighted by Gasteiger charge is -2.04. The summed E-state index contributed by atoms with van der Waals surface area (Å²) in [6.07, 6.45) is 4.74. The minimum absolute atomic E-state index is 0. The van der Waals surface area contributed by atoms with Gasteiger partial charge in [-0.25, -0.2) is 9.67 Å². The van der Waals surface area contributed by atoms with Gasteiger partial charge in [0.05, 0.1) is 18.4 Å². The number of aliphatic imine (C=N–C) groups is 1. The molecule has 1 aromatic carbocycles. The second-order valence-corrected chi connectivity index (χ2v) is 6.12. The normalized spacial score (nSPS) is 11.1. The Morgan fingerprint density at radius 2 is 2.04 bits per heavy atom. The van der Waals surface area contributed by atoms with Crippen molar-refractivity contribution in [2.45, 2.75) is 13.0 Å². The highest BCUT2D eigenvalue weighted by Gasteiger charge is 2.00. The molecule has 0 unspecified atom stereocenters. The number of benzene rings is 1. The van der Waals surface area contributed by atoms with Crippen molar-refractivity contribution in [2.24, 2.45) is 10.7 Å². The summed E-state index contributed by atoms with van der Waals surface area (Å²) in [5.41, 5.74) is 7.95. The van der Waals surface area contributed by atoms with E-state index in [0.717, 1.165) is 24.2 Å². The zero-order valence-corrected chi connectivity index (χ0v) is 16.3. The van der Waals surface area contributed by atoms with Gasteiger partial charge in [0, 0.05) is 23.2 Å². The Labute approximate surface area is 162 Å². The molecule has 24 heavy (non-hydrogen) atoms. The first-order valence-electron chi connectivity index (χ1n) is 7.46. The van der Waals surface area contributed by atoms with Gasteiger partial charge in [0.15, 0.2) is 5.96 Å².